The highest BCUT2D eigenvalue weighted by molar-refractivity contribution is 7.47. The number of phosphoric acid groups is 1. The van der Waals surface area contributed by atoms with E-state index in [0.29, 0.717) is 19.3 Å². The molecule has 0 aromatic carbocycles. The molecule has 0 saturated carbocycles. The minimum atomic E-state index is -4.40. The lowest BCUT2D eigenvalue weighted by atomic mass is 10.1. The maximum Gasteiger partial charge on any atom is 0.472 e. The Hall–Kier alpha value is -2.55. The zero-order chi connectivity index (χ0) is 40.3. The summed E-state index contributed by atoms with van der Waals surface area (Å²) in [5, 5.41) is 0. The molecule has 0 aromatic rings. The van der Waals surface area contributed by atoms with Crippen molar-refractivity contribution in [1.82, 2.24) is 0 Å². The molecule has 0 spiro atoms. The average molecular weight is 792 g/mol. The first-order valence-electron chi connectivity index (χ1n) is 21.4. The van der Waals surface area contributed by atoms with Crippen LogP contribution in [0.4, 0.5) is 0 Å². The van der Waals surface area contributed by atoms with E-state index < -0.39 is 32.5 Å². The normalized spacial score (nSPS) is 14.0. The largest absolute Gasteiger partial charge is 0.472 e. The van der Waals surface area contributed by atoms with Gasteiger partial charge in [0.15, 0.2) is 6.10 Å². The highest BCUT2D eigenvalue weighted by atomic mass is 31.2. The van der Waals surface area contributed by atoms with Crippen LogP contribution >= 0.6 is 7.82 Å². The Morgan fingerprint density at radius 2 is 0.964 bits per heavy atom. The van der Waals surface area contributed by atoms with Gasteiger partial charge in [-0.25, -0.2) is 4.57 Å². The van der Waals surface area contributed by atoms with Crippen molar-refractivity contribution in [3.8, 4) is 0 Å². The van der Waals surface area contributed by atoms with Gasteiger partial charge in [0.1, 0.15) is 6.61 Å². The van der Waals surface area contributed by atoms with Crippen LogP contribution in [-0.2, 0) is 32.7 Å². The number of carbonyl (C=O) groups excluding carboxylic acids is 2. The second-order valence-electron chi connectivity index (χ2n) is 13.8. The van der Waals surface area contributed by atoms with Crippen molar-refractivity contribution in [2.24, 2.45) is 5.73 Å². The molecule has 1 unspecified atom stereocenters. The van der Waals surface area contributed by atoms with Crippen molar-refractivity contribution in [2.45, 2.75) is 174 Å². The summed E-state index contributed by atoms with van der Waals surface area (Å²) in [5.41, 5.74) is 5.34. The lowest BCUT2D eigenvalue weighted by molar-refractivity contribution is -0.161. The molecule has 3 N–H and O–H groups in total. The summed E-state index contributed by atoms with van der Waals surface area (Å²) in [6, 6.07) is 0. The monoisotopic (exact) mass is 792 g/mol. The zero-order valence-corrected chi connectivity index (χ0v) is 35.5. The van der Waals surface area contributed by atoms with Crippen LogP contribution in [0.2, 0.25) is 0 Å². The Kier molecular flexibility index (Phi) is 39.2. The number of allylic oxidation sites excluding steroid dienone is 12. The fourth-order valence-corrected chi connectivity index (χ4v) is 6.13. The molecule has 0 aliphatic heterocycles. The molecular weight excluding hydrogens is 713 g/mol. The van der Waals surface area contributed by atoms with Crippen LogP contribution in [0, 0.1) is 0 Å². The molecular formula is C45H78NO8P. The summed E-state index contributed by atoms with van der Waals surface area (Å²) in [6.07, 6.45) is 49.3. The first-order chi connectivity index (χ1) is 26.8. The van der Waals surface area contributed by atoms with Gasteiger partial charge in [0.05, 0.1) is 13.2 Å². The Morgan fingerprint density at radius 1 is 0.545 bits per heavy atom. The number of ether oxygens (including phenoxy) is 2. The number of esters is 2. The van der Waals surface area contributed by atoms with Crippen molar-refractivity contribution < 1.29 is 37.6 Å². The Balaban J connectivity index is 4.28. The Morgan fingerprint density at radius 3 is 1.45 bits per heavy atom. The lowest BCUT2D eigenvalue weighted by Gasteiger charge is -2.19. The molecule has 0 aromatic heterocycles. The molecule has 9 nitrogen and oxygen atoms in total. The van der Waals surface area contributed by atoms with Crippen LogP contribution in [-0.4, -0.2) is 49.3 Å². The van der Waals surface area contributed by atoms with E-state index in [4.69, 9.17) is 24.3 Å². The smallest absolute Gasteiger partial charge is 0.462 e. The van der Waals surface area contributed by atoms with E-state index in [0.717, 1.165) is 51.4 Å². The first-order valence-corrected chi connectivity index (χ1v) is 22.9. The highest BCUT2D eigenvalue weighted by Gasteiger charge is 2.25. The average Bonchev–Trinajstić information content (AvgIpc) is 3.17. The van der Waals surface area contributed by atoms with Gasteiger partial charge in [0.2, 0.25) is 0 Å². The number of phosphoric ester groups is 1. The molecule has 0 fully saturated rings. The van der Waals surface area contributed by atoms with Gasteiger partial charge in [-0.2, -0.15) is 0 Å². The second kappa shape index (κ2) is 41.1. The summed E-state index contributed by atoms with van der Waals surface area (Å²) in [7, 11) is -4.40. The van der Waals surface area contributed by atoms with E-state index in [-0.39, 0.29) is 32.6 Å². The van der Waals surface area contributed by atoms with E-state index in [9.17, 15) is 19.0 Å². The maximum absolute atomic E-state index is 12.6. The van der Waals surface area contributed by atoms with Gasteiger partial charge in [0, 0.05) is 19.4 Å². The summed E-state index contributed by atoms with van der Waals surface area (Å²) >= 11 is 0. The van der Waals surface area contributed by atoms with Gasteiger partial charge in [-0.05, 0) is 83.5 Å². The van der Waals surface area contributed by atoms with Crippen LogP contribution in [0.1, 0.15) is 168 Å². The second-order valence-corrected chi connectivity index (χ2v) is 15.3. The third-order valence-corrected chi connectivity index (χ3v) is 9.55. The van der Waals surface area contributed by atoms with E-state index in [1.165, 1.54) is 70.6 Å². The summed E-state index contributed by atoms with van der Waals surface area (Å²) in [6.45, 7) is 3.59. The third-order valence-electron chi connectivity index (χ3n) is 8.56. The van der Waals surface area contributed by atoms with Gasteiger partial charge in [-0.3, -0.25) is 18.6 Å². The number of carbonyl (C=O) groups is 2. The van der Waals surface area contributed by atoms with Crippen LogP contribution in [0.3, 0.4) is 0 Å². The highest BCUT2D eigenvalue weighted by Crippen LogP contribution is 2.43. The topological polar surface area (TPSA) is 134 Å². The van der Waals surface area contributed by atoms with E-state index in [1.807, 2.05) is 6.08 Å². The lowest BCUT2D eigenvalue weighted by Crippen LogP contribution is -2.29. The SMILES string of the molecule is CCCCCC=CCC=CCC=CCC=CCCCC(=O)O[C@H](COC(=O)CCCCCCCCCC=CCC=CCCCCC)COP(=O)(O)OCCN. The molecule has 0 amide bonds. The van der Waals surface area contributed by atoms with Gasteiger partial charge in [0.25, 0.3) is 0 Å². The molecule has 0 bridgehead atoms. The number of unbranched alkanes of at least 4 members (excludes halogenated alkanes) is 14. The maximum atomic E-state index is 12.6. The fourth-order valence-electron chi connectivity index (χ4n) is 5.36. The standard InChI is InChI=1S/C45H78NO8P/c1-3-5-7-9-11-13-15-17-19-21-23-25-27-29-31-33-35-37-44(47)51-41-43(42-53-55(49,50)52-40-39-46)54-45(48)38-36-34-32-30-28-26-24-22-20-18-16-14-12-10-8-6-4-2/h11-14,17-20,24,26,30,32,43H,3-10,15-16,21-23,25,27-29,31,33-42,46H2,1-2H3,(H,49,50)/t43-/m1/s1. The van der Waals surface area contributed by atoms with Crippen LogP contribution in [0.15, 0.2) is 72.9 Å². The van der Waals surface area contributed by atoms with Gasteiger partial charge in [-0.15, -0.1) is 0 Å². The zero-order valence-electron chi connectivity index (χ0n) is 34.6. The summed E-state index contributed by atoms with van der Waals surface area (Å²) in [4.78, 5) is 34.8. The van der Waals surface area contributed by atoms with Crippen LogP contribution in [0.25, 0.3) is 0 Å². The fraction of sp³-hybridized carbons (Fsp3) is 0.689. The molecule has 316 valence electrons. The molecule has 0 aliphatic rings. The molecule has 0 heterocycles. The Bertz CT molecular complexity index is 1130. The van der Waals surface area contributed by atoms with E-state index >= 15 is 0 Å². The molecule has 0 saturated heterocycles. The molecule has 55 heavy (non-hydrogen) atoms. The molecule has 0 aliphatic carbocycles. The number of hydrogen-bond acceptors (Lipinski definition) is 8. The van der Waals surface area contributed by atoms with Crippen molar-refractivity contribution in [1.29, 1.82) is 0 Å². The van der Waals surface area contributed by atoms with Crippen molar-refractivity contribution in [3.05, 3.63) is 72.9 Å². The molecule has 10 heteroatoms. The number of rotatable bonds is 39. The van der Waals surface area contributed by atoms with Crippen molar-refractivity contribution in [3.63, 3.8) is 0 Å². The van der Waals surface area contributed by atoms with Gasteiger partial charge >= 0.3 is 19.8 Å². The van der Waals surface area contributed by atoms with E-state index in [2.05, 4.69) is 80.7 Å². The van der Waals surface area contributed by atoms with E-state index in [1.54, 1.807) is 0 Å². The summed E-state index contributed by atoms with van der Waals surface area (Å²) in [5.74, 6) is -0.909. The van der Waals surface area contributed by atoms with Gasteiger partial charge < -0.3 is 20.1 Å². The predicted octanol–water partition coefficient (Wildman–Crippen LogP) is 12.3. The summed E-state index contributed by atoms with van der Waals surface area (Å²) < 4.78 is 32.7. The quantitative estimate of drug-likeness (QED) is 0.0270. The van der Waals surface area contributed by atoms with Crippen molar-refractivity contribution in [2.75, 3.05) is 26.4 Å². The third kappa shape index (κ3) is 40.9. The molecule has 2 atom stereocenters. The first kappa shape index (κ1) is 52.5. The molecule has 0 rings (SSSR count). The van der Waals surface area contributed by atoms with Gasteiger partial charge in [-0.1, -0.05) is 145 Å². The number of hydrogen-bond donors (Lipinski definition) is 2. The molecule has 0 radical (unpaired) electrons. The van der Waals surface area contributed by atoms with Crippen LogP contribution < -0.4 is 5.73 Å². The van der Waals surface area contributed by atoms with Crippen molar-refractivity contribution >= 4 is 19.8 Å². The minimum Gasteiger partial charge on any atom is -0.462 e. The Labute approximate surface area is 335 Å². The predicted molar refractivity (Wildman–Crippen MR) is 229 cm³/mol. The van der Waals surface area contributed by atoms with Crippen LogP contribution in [0.5, 0.6) is 0 Å². The minimum absolute atomic E-state index is 0.0402. The number of nitrogens with two attached hydrogens (primary N) is 1.